The van der Waals surface area contributed by atoms with Gasteiger partial charge in [-0.2, -0.15) is 0 Å². The molecule has 0 radical (unpaired) electrons. The van der Waals surface area contributed by atoms with Gasteiger partial charge in [-0.3, -0.25) is 4.90 Å². The van der Waals surface area contributed by atoms with E-state index in [2.05, 4.69) is 50.9 Å². The van der Waals surface area contributed by atoms with Crippen LogP contribution in [0.15, 0.2) is 18.2 Å². The van der Waals surface area contributed by atoms with E-state index in [1.807, 2.05) is 19.2 Å². The zero-order valence-corrected chi connectivity index (χ0v) is 14.9. The van der Waals surface area contributed by atoms with Crippen LogP contribution < -0.4 is 10.1 Å². The monoisotopic (exact) mass is 312 g/mol. The number of nitrogens with zero attached hydrogens (tertiary/aromatic N) is 1. The lowest BCUT2D eigenvalue weighted by Gasteiger charge is -2.30. The molecule has 0 saturated carbocycles. The standard InChI is InChI=1S/C17H29ClN2O/c1-12(2)20(13(3)4)9-10-21-17-8-7-15(11-16(17)18)14(5)19-6/h7-8,11-14,19H,9-10H2,1-6H3. The molecule has 1 N–H and O–H groups in total. The third-order valence-electron chi connectivity index (χ3n) is 3.82. The first kappa shape index (κ1) is 18.3. The molecule has 0 aliphatic rings. The third-order valence-corrected chi connectivity index (χ3v) is 4.12. The summed E-state index contributed by atoms with van der Waals surface area (Å²) in [6.07, 6.45) is 0. The van der Waals surface area contributed by atoms with Gasteiger partial charge in [-0.25, -0.2) is 0 Å². The Morgan fingerprint density at radius 3 is 2.24 bits per heavy atom. The summed E-state index contributed by atoms with van der Waals surface area (Å²) in [5, 5.41) is 3.88. The van der Waals surface area contributed by atoms with Crippen LogP contribution in [0, 0.1) is 0 Å². The molecule has 0 spiro atoms. The smallest absolute Gasteiger partial charge is 0.137 e. The van der Waals surface area contributed by atoms with Gasteiger partial charge in [0.25, 0.3) is 0 Å². The van der Waals surface area contributed by atoms with Crippen LogP contribution in [-0.2, 0) is 0 Å². The number of ether oxygens (including phenoxy) is 1. The van der Waals surface area contributed by atoms with Gasteiger partial charge in [0.15, 0.2) is 0 Å². The van der Waals surface area contributed by atoms with Crippen molar-refractivity contribution >= 4 is 11.6 Å². The minimum atomic E-state index is 0.286. The molecule has 1 rings (SSSR count). The summed E-state index contributed by atoms with van der Waals surface area (Å²) in [6.45, 7) is 12.5. The Morgan fingerprint density at radius 2 is 1.76 bits per heavy atom. The van der Waals surface area contributed by atoms with Crippen molar-refractivity contribution in [2.75, 3.05) is 20.2 Å². The van der Waals surface area contributed by atoms with Crippen molar-refractivity contribution in [2.24, 2.45) is 0 Å². The van der Waals surface area contributed by atoms with E-state index in [4.69, 9.17) is 16.3 Å². The quantitative estimate of drug-likeness (QED) is 0.781. The zero-order chi connectivity index (χ0) is 16.0. The molecule has 1 unspecified atom stereocenters. The van der Waals surface area contributed by atoms with Gasteiger partial charge < -0.3 is 10.1 Å². The Hall–Kier alpha value is -0.770. The molecule has 4 heteroatoms. The molecule has 1 aromatic rings. The molecule has 0 aliphatic carbocycles. The number of hydrogen-bond donors (Lipinski definition) is 1. The van der Waals surface area contributed by atoms with Crippen molar-refractivity contribution in [3.05, 3.63) is 28.8 Å². The molecule has 1 atom stereocenters. The van der Waals surface area contributed by atoms with Crippen molar-refractivity contribution in [3.8, 4) is 5.75 Å². The van der Waals surface area contributed by atoms with Crippen LogP contribution in [0.5, 0.6) is 5.75 Å². The third kappa shape index (κ3) is 5.50. The van der Waals surface area contributed by atoms with Gasteiger partial charge in [0.05, 0.1) is 5.02 Å². The number of hydrogen-bond acceptors (Lipinski definition) is 3. The molecule has 0 saturated heterocycles. The van der Waals surface area contributed by atoms with Crippen LogP contribution in [0.4, 0.5) is 0 Å². The Labute approximate surface area is 134 Å². The molecular weight excluding hydrogens is 284 g/mol. The summed E-state index contributed by atoms with van der Waals surface area (Å²) in [5.41, 5.74) is 1.17. The average Bonchev–Trinajstić information content (AvgIpc) is 2.43. The fourth-order valence-electron chi connectivity index (χ4n) is 2.44. The van der Waals surface area contributed by atoms with Crippen LogP contribution in [0.3, 0.4) is 0 Å². The highest BCUT2D eigenvalue weighted by Crippen LogP contribution is 2.27. The van der Waals surface area contributed by atoms with Gasteiger partial charge in [-0.1, -0.05) is 17.7 Å². The SMILES string of the molecule is CNC(C)c1ccc(OCCN(C(C)C)C(C)C)c(Cl)c1. The van der Waals surface area contributed by atoms with Crippen LogP contribution in [0.25, 0.3) is 0 Å². The number of benzene rings is 1. The fraction of sp³-hybridized carbons (Fsp3) is 0.647. The molecule has 120 valence electrons. The van der Waals surface area contributed by atoms with Crippen LogP contribution in [0.1, 0.15) is 46.2 Å². The van der Waals surface area contributed by atoms with Crippen LogP contribution in [0.2, 0.25) is 5.02 Å². The van der Waals surface area contributed by atoms with E-state index in [-0.39, 0.29) is 6.04 Å². The number of halogens is 1. The summed E-state index contributed by atoms with van der Waals surface area (Å²) in [7, 11) is 1.94. The Morgan fingerprint density at radius 1 is 1.14 bits per heavy atom. The predicted octanol–water partition coefficient (Wildman–Crippen LogP) is 4.12. The number of rotatable bonds is 8. The highest BCUT2D eigenvalue weighted by Gasteiger charge is 2.13. The maximum absolute atomic E-state index is 6.30. The Bertz CT molecular complexity index is 427. The first-order chi connectivity index (χ1) is 9.86. The van der Waals surface area contributed by atoms with Gasteiger partial charge >= 0.3 is 0 Å². The Balaban J connectivity index is 2.60. The summed E-state index contributed by atoms with van der Waals surface area (Å²) in [6, 6.07) is 7.31. The van der Waals surface area contributed by atoms with Gasteiger partial charge in [0.2, 0.25) is 0 Å². The van der Waals surface area contributed by atoms with Crippen molar-refractivity contribution in [1.29, 1.82) is 0 Å². The van der Waals surface area contributed by atoms with Crippen molar-refractivity contribution in [3.63, 3.8) is 0 Å². The number of nitrogens with one attached hydrogen (secondary N) is 1. The maximum atomic E-state index is 6.30. The van der Waals surface area contributed by atoms with E-state index in [0.717, 1.165) is 12.3 Å². The van der Waals surface area contributed by atoms with Crippen molar-refractivity contribution in [2.45, 2.75) is 52.7 Å². The lowest BCUT2D eigenvalue weighted by molar-refractivity contribution is 0.142. The second-order valence-electron chi connectivity index (χ2n) is 5.97. The van der Waals surface area contributed by atoms with Crippen molar-refractivity contribution in [1.82, 2.24) is 10.2 Å². The summed E-state index contributed by atoms with van der Waals surface area (Å²) >= 11 is 6.30. The van der Waals surface area contributed by atoms with E-state index in [0.29, 0.717) is 23.7 Å². The van der Waals surface area contributed by atoms with E-state index in [1.54, 1.807) is 0 Å². The van der Waals surface area contributed by atoms with Gasteiger partial charge in [-0.15, -0.1) is 0 Å². The van der Waals surface area contributed by atoms with E-state index < -0.39 is 0 Å². The van der Waals surface area contributed by atoms with Crippen LogP contribution >= 0.6 is 11.6 Å². The van der Waals surface area contributed by atoms with Crippen LogP contribution in [-0.4, -0.2) is 37.2 Å². The normalized spacial score (nSPS) is 13.2. The molecule has 0 aromatic heterocycles. The summed E-state index contributed by atoms with van der Waals surface area (Å²) in [4.78, 5) is 2.41. The highest BCUT2D eigenvalue weighted by molar-refractivity contribution is 6.32. The molecule has 0 bridgehead atoms. The minimum absolute atomic E-state index is 0.286. The minimum Gasteiger partial charge on any atom is -0.491 e. The fourth-order valence-corrected chi connectivity index (χ4v) is 2.69. The molecule has 21 heavy (non-hydrogen) atoms. The van der Waals surface area contributed by atoms with Gasteiger partial charge in [0, 0.05) is 24.7 Å². The average molecular weight is 313 g/mol. The molecule has 1 aromatic carbocycles. The molecule has 0 fully saturated rings. The molecule has 0 aliphatic heterocycles. The van der Waals surface area contributed by atoms with Gasteiger partial charge in [0.1, 0.15) is 12.4 Å². The molecule has 0 heterocycles. The second kappa shape index (κ2) is 8.62. The summed E-state index contributed by atoms with van der Waals surface area (Å²) in [5.74, 6) is 0.760. The molecule has 3 nitrogen and oxygen atoms in total. The topological polar surface area (TPSA) is 24.5 Å². The highest BCUT2D eigenvalue weighted by atomic mass is 35.5. The zero-order valence-electron chi connectivity index (χ0n) is 14.1. The Kier molecular flexibility index (Phi) is 7.50. The first-order valence-corrected chi connectivity index (χ1v) is 8.09. The summed E-state index contributed by atoms with van der Waals surface area (Å²) < 4.78 is 5.84. The van der Waals surface area contributed by atoms with E-state index in [9.17, 15) is 0 Å². The maximum Gasteiger partial charge on any atom is 0.137 e. The lowest BCUT2D eigenvalue weighted by Crippen LogP contribution is -2.39. The molecule has 0 amide bonds. The van der Waals surface area contributed by atoms with E-state index >= 15 is 0 Å². The predicted molar refractivity (Wildman–Crippen MR) is 91.4 cm³/mol. The molecular formula is C17H29ClN2O. The lowest BCUT2D eigenvalue weighted by atomic mass is 10.1. The first-order valence-electron chi connectivity index (χ1n) is 7.72. The van der Waals surface area contributed by atoms with Gasteiger partial charge in [-0.05, 0) is 59.4 Å². The second-order valence-corrected chi connectivity index (χ2v) is 6.38. The van der Waals surface area contributed by atoms with Crippen molar-refractivity contribution < 1.29 is 4.74 Å². The van der Waals surface area contributed by atoms with E-state index in [1.165, 1.54) is 5.56 Å². The largest absolute Gasteiger partial charge is 0.491 e.